The second kappa shape index (κ2) is 10.4. The molecule has 4 rings (SSSR count). The third kappa shape index (κ3) is 5.61. The number of H-pyrrole nitrogens is 2. The topological polar surface area (TPSA) is 159 Å². The van der Waals surface area contributed by atoms with Crippen LogP contribution in [-0.4, -0.2) is 28.4 Å². The number of aromatic amines is 2. The average molecular weight is 490 g/mol. The fourth-order valence-electron chi connectivity index (χ4n) is 4.25. The van der Waals surface area contributed by atoms with Crippen LogP contribution in [0.5, 0.6) is 0 Å². The summed E-state index contributed by atoms with van der Waals surface area (Å²) < 4.78 is 5.52. The van der Waals surface area contributed by atoms with Gasteiger partial charge in [-0.2, -0.15) is 0 Å². The normalized spacial score (nSPS) is 17.3. The van der Waals surface area contributed by atoms with Crippen LogP contribution in [0.4, 0.5) is 11.4 Å². The van der Waals surface area contributed by atoms with Crippen LogP contribution in [0.15, 0.2) is 76.5 Å². The molecule has 36 heavy (non-hydrogen) atoms. The lowest BCUT2D eigenvalue weighted by Crippen LogP contribution is -2.41. The summed E-state index contributed by atoms with van der Waals surface area (Å²) in [6.45, 7) is 1.65. The van der Waals surface area contributed by atoms with Crippen molar-refractivity contribution in [2.45, 2.75) is 25.8 Å². The molecule has 0 aliphatic carbocycles. The summed E-state index contributed by atoms with van der Waals surface area (Å²) in [4.78, 5) is 53.7. The predicted molar refractivity (Wildman–Crippen MR) is 135 cm³/mol. The number of amides is 2. The molecule has 2 amide bonds. The van der Waals surface area contributed by atoms with E-state index < -0.39 is 28.6 Å². The van der Waals surface area contributed by atoms with Crippen molar-refractivity contribution in [2.24, 2.45) is 11.1 Å². The Morgan fingerprint density at radius 1 is 1.03 bits per heavy atom. The maximum atomic E-state index is 12.8. The molecule has 1 aliphatic heterocycles. The van der Waals surface area contributed by atoms with Gasteiger partial charge in [0.15, 0.2) is 0 Å². The molecule has 2 atom stereocenters. The highest BCUT2D eigenvalue weighted by atomic mass is 16.5. The summed E-state index contributed by atoms with van der Waals surface area (Å²) >= 11 is 0. The maximum Gasteiger partial charge on any atom is 0.326 e. The Bertz CT molecular complexity index is 1390. The van der Waals surface area contributed by atoms with E-state index in [1.165, 1.54) is 6.92 Å². The summed E-state index contributed by atoms with van der Waals surface area (Å²) in [5, 5.41) is 5.28. The van der Waals surface area contributed by atoms with E-state index in [9.17, 15) is 19.2 Å². The highest BCUT2D eigenvalue weighted by Gasteiger charge is 2.41. The Balaban J connectivity index is 1.59. The van der Waals surface area contributed by atoms with Gasteiger partial charge in [0.2, 0.25) is 11.8 Å². The molecule has 2 aromatic carbocycles. The molecule has 10 heteroatoms. The Labute approximate surface area is 206 Å². The van der Waals surface area contributed by atoms with Crippen LogP contribution >= 0.6 is 0 Å². The lowest BCUT2D eigenvalue weighted by Gasteiger charge is -2.33. The lowest BCUT2D eigenvalue weighted by atomic mass is 9.75. The van der Waals surface area contributed by atoms with Gasteiger partial charge in [-0.3, -0.25) is 19.4 Å². The zero-order chi connectivity index (χ0) is 25.7. The molecule has 6 N–H and O–H groups in total. The van der Waals surface area contributed by atoms with Gasteiger partial charge < -0.3 is 26.1 Å². The quantitative estimate of drug-likeness (QED) is 0.325. The molecule has 0 spiro atoms. The number of ether oxygens (including phenoxy) is 1. The van der Waals surface area contributed by atoms with Gasteiger partial charge in [-0.25, -0.2) is 4.79 Å². The minimum absolute atomic E-state index is 0.0359. The van der Waals surface area contributed by atoms with Crippen LogP contribution in [0.3, 0.4) is 0 Å². The molecular formula is C26H27N5O5. The van der Waals surface area contributed by atoms with E-state index in [4.69, 9.17) is 10.5 Å². The van der Waals surface area contributed by atoms with Crippen molar-refractivity contribution in [3.63, 3.8) is 0 Å². The molecule has 0 bridgehead atoms. The van der Waals surface area contributed by atoms with Crippen molar-refractivity contribution >= 4 is 23.2 Å². The molecule has 0 saturated heterocycles. The molecule has 0 saturated carbocycles. The molecule has 1 aromatic heterocycles. The zero-order valence-corrected chi connectivity index (χ0v) is 19.7. The Hall–Kier alpha value is -4.44. The molecule has 186 valence electrons. The summed E-state index contributed by atoms with van der Waals surface area (Å²) in [6, 6.07) is 15.5. The molecular weight excluding hydrogens is 462 g/mol. The maximum absolute atomic E-state index is 12.8. The second-order valence-electron chi connectivity index (χ2n) is 8.79. The molecule has 0 fully saturated rings. The van der Waals surface area contributed by atoms with Crippen LogP contribution in [0, 0.1) is 5.41 Å². The molecule has 0 radical (unpaired) electrons. The van der Waals surface area contributed by atoms with E-state index in [1.807, 2.05) is 36.4 Å². The Kier molecular flexibility index (Phi) is 7.16. The molecule has 10 nitrogen and oxygen atoms in total. The predicted octanol–water partition coefficient (Wildman–Crippen LogP) is 1.98. The number of nitrogens with one attached hydrogen (secondary N) is 4. The van der Waals surface area contributed by atoms with E-state index >= 15 is 0 Å². The van der Waals surface area contributed by atoms with E-state index in [1.54, 1.807) is 30.5 Å². The number of carbonyl (C=O) groups excluding carboxylic acids is 2. The van der Waals surface area contributed by atoms with Crippen LogP contribution < -0.4 is 27.6 Å². The first-order chi connectivity index (χ1) is 17.3. The van der Waals surface area contributed by atoms with Gasteiger partial charge in [0.25, 0.3) is 5.56 Å². The van der Waals surface area contributed by atoms with Gasteiger partial charge in [-0.05, 0) is 35.8 Å². The first kappa shape index (κ1) is 24.7. The number of carbonyl (C=O) groups is 2. The average Bonchev–Trinajstić information content (AvgIpc) is 3.31. The SMILES string of the molecule is CC(=O)Nc1ccc(CC(=O)Nc2c(C(N)C3(Cc4ccccc4)C=COC3)[nH]c(=O)[nH]c2=O)cc1. The van der Waals surface area contributed by atoms with Crippen LogP contribution in [0.25, 0.3) is 0 Å². The van der Waals surface area contributed by atoms with E-state index in [-0.39, 0.29) is 30.3 Å². The minimum atomic E-state index is -0.862. The monoisotopic (exact) mass is 489 g/mol. The van der Waals surface area contributed by atoms with Gasteiger partial charge >= 0.3 is 5.69 Å². The van der Waals surface area contributed by atoms with Crippen molar-refractivity contribution in [3.8, 4) is 0 Å². The van der Waals surface area contributed by atoms with Crippen molar-refractivity contribution in [3.05, 3.63) is 105 Å². The van der Waals surface area contributed by atoms with Gasteiger partial charge in [-0.15, -0.1) is 0 Å². The third-order valence-corrected chi connectivity index (χ3v) is 6.03. The number of hydrogen-bond acceptors (Lipinski definition) is 6. The van der Waals surface area contributed by atoms with Crippen molar-refractivity contribution in [1.82, 2.24) is 9.97 Å². The van der Waals surface area contributed by atoms with Crippen LogP contribution in [0.2, 0.25) is 0 Å². The number of benzene rings is 2. The number of nitrogens with two attached hydrogens (primary N) is 1. The van der Waals surface area contributed by atoms with E-state index in [2.05, 4.69) is 20.6 Å². The number of aromatic nitrogens is 2. The first-order valence-electron chi connectivity index (χ1n) is 11.4. The minimum Gasteiger partial charge on any atom is -0.501 e. The van der Waals surface area contributed by atoms with Crippen molar-refractivity contribution < 1.29 is 14.3 Å². The fraction of sp³-hybridized carbons (Fsp3) is 0.231. The molecule has 2 heterocycles. The zero-order valence-electron chi connectivity index (χ0n) is 19.7. The molecule has 1 aliphatic rings. The van der Waals surface area contributed by atoms with E-state index in [0.717, 1.165) is 5.56 Å². The van der Waals surface area contributed by atoms with Gasteiger partial charge in [0.05, 0.1) is 36.4 Å². The van der Waals surface area contributed by atoms with Crippen LogP contribution in [-0.2, 0) is 27.2 Å². The van der Waals surface area contributed by atoms with Crippen molar-refractivity contribution in [2.75, 3.05) is 17.2 Å². The summed E-state index contributed by atoms with van der Waals surface area (Å²) in [5.41, 5.74) is 6.71. The lowest BCUT2D eigenvalue weighted by molar-refractivity contribution is -0.116. The van der Waals surface area contributed by atoms with Gasteiger partial charge in [-0.1, -0.05) is 42.5 Å². The Morgan fingerprint density at radius 2 is 1.75 bits per heavy atom. The summed E-state index contributed by atoms with van der Waals surface area (Å²) in [7, 11) is 0. The highest BCUT2D eigenvalue weighted by molar-refractivity contribution is 5.93. The van der Waals surface area contributed by atoms with Crippen molar-refractivity contribution in [1.29, 1.82) is 0 Å². The summed E-state index contributed by atoms with van der Waals surface area (Å²) in [5.74, 6) is -0.669. The third-order valence-electron chi connectivity index (χ3n) is 6.03. The second-order valence-corrected chi connectivity index (χ2v) is 8.79. The standard InChI is InChI=1S/C26H27N5O5/c1-16(32)28-19-9-7-17(8-10-19)13-20(33)29-22-21(30-25(35)31-24(22)34)23(27)26(11-12-36-15-26)14-18-5-3-2-4-6-18/h2-12,23H,13-15,27H2,1H3,(H,28,32)(H,29,33)(H2,30,31,34,35). The van der Waals surface area contributed by atoms with Gasteiger partial charge in [0.1, 0.15) is 5.69 Å². The van der Waals surface area contributed by atoms with Crippen LogP contribution in [0.1, 0.15) is 29.8 Å². The van der Waals surface area contributed by atoms with Gasteiger partial charge in [0, 0.05) is 12.6 Å². The van der Waals surface area contributed by atoms with E-state index in [0.29, 0.717) is 17.7 Å². The first-order valence-corrected chi connectivity index (χ1v) is 11.4. The number of rotatable bonds is 8. The number of hydrogen-bond donors (Lipinski definition) is 5. The largest absolute Gasteiger partial charge is 0.501 e. The smallest absolute Gasteiger partial charge is 0.326 e. The number of anilines is 2. The Morgan fingerprint density at radius 3 is 2.39 bits per heavy atom. The summed E-state index contributed by atoms with van der Waals surface area (Å²) in [6.07, 6.45) is 3.84. The molecule has 3 aromatic rings. The highest BCUT2D eigenvalue weighted by Crippen LogP contribution is 2.41. The molecule has 2 unspecified atom stereocenters. The fourth-order valence-corrected chi connectivity index (χ4v) is 4.25.